The topological polar surface area (TPSA) is 146 Å². The van der Waals surface area contributed by atoms with Gasteiger partial charge in [0.1, 0.15) is 35.4 Å². The number of hydrogen-bond donors (Lipinski definition) is 3. The Morgan fingerprint density at radius 2 is 1.02 bits per heavy atom. The van der Waals surface area contributed by atoms with Crippen LogP contribution in [-0.2, 0) is 32.6 Å². The molecule has 0 spiro atoms. The number of likely N-dealkylation sites (N-methyl/N-ethyl adjacent to an activating group) is 2. The Labute approximate surface area is 305 Å². The smallest absolute Gasteiger partial charge is 0.330 e. The molecule has 0 heterocycles. The lowest BCUT2D eigenvalue weighted by atomic mass is 10.0. The van der Waals surface area contributed by atoms with E-state index in [4.69, 9.17) is 9.47 Å². The SMILES string of the molecule is COc1ccc(N(C)C(=O)[C@H](Cc2cc(F)cc(F)c2)NC(=O)NS(=O)(=O)N[C@@H](Cc2cc(F)cc(F)c2)C(=O)N(C)c2ccc(OC)c(F)c2)cc1F. The van der Waals surface area contributed by atoms with E-state index in [0.29, 0.717) is 12.1 Å². The summed E-state index contributed by atoms with van der Waals surface area (Å²) in [5.41, 5.74) is -0.429. The van der Waals surface area contributed by atoms with Gasteiger partial charge in [-0.2, -0.15) is 13.1 Å². The van der Waals surface area contributed by atoms with Crippen molar-refractivity contribution < 1.29 is 58.6 Å². The molecule has 0 unspecified atom stereocenters. The summed E-state index contributed by atoms with van der Waals surface area (Å²) in [5, 5.41) is 2.11. The summed E-state index contributed by atoms with van der Waals surface area (Å²) in [5.74, 6) is -8.21. The van der Waals surface area contributed by atoms with Crippen LogP contribution in [-0.4, -0.2) is 66.7 Å². The molecule has 2 atom stereocenters. The lowest BCUT2D eigenvalue weighted by Crippen LogP contribution is -2.57. The number of benzene rings is 4. The number of nitrogens with one attached hydrogen (secondary N) is 3. The first-order valence-electron chi connectivity index (χ1n) is 15.6. The second-order valence-electron chi connectivity index (χ2n) is 11.7. The monoisotopic (exact) mass is 781 g/mol. The van der Waals surface area contributed by atoms with Gasteiger partial charge in [0, 0.05) is 56.2 Å². The maximum Gasteiger partial charge on any atom is 0.330 e. The molecule has 4 amide bonds. The molecule has 3 N–H and O–H groups in total. The Hall–Kier alpha value is -5.82. The van der Waals surface area contributed by atoms with E-state index in [-0.39, 0.29) is 34.0 Å². The minimum absolute atomic E-state index is 0.0405. The molecule has 0 saturated heterocycles. The number of nitrogens with zero attached hydrogens (tertiary/aromatic N) is 2. The third kappa shape index (κ3) is 10.6. The second kappa shape index (κ2) is 17.3. The van der Waals surface area contributed by atoms with E-state index in [1.165, 1.54) is 45.5 Å². The Bertz CT molecular complexity index is 2120. The first-order chi connectivity index (χ1) is 25.4. The van der Waals surface area contributed by atoms with Crippen LogP contribution in [0.1, 0.15) is 11.1 Å². The molecule has 0 bridgehead atoms. The zero-order chi connectivity index (χ0) is 39.9. The minimum Gasteiger partial charge on any atom is -0.494 e. The van der Waals surface area contributed by atoms with Gasteiger partial charge in [0.15, 0.2) is 23.1 Å². The van der Waals surface area contributed by atoms with E-state index in [2.05, 4.69) is 5.32 Å². The number of halogens is 6. The van der Waals surface area contributed by atoms with Crippen molar-refractivity contribution in [3.8, 4) is 11.5 Å². The Morgan fingerprint density at radius 3 is 1.41 bits per heavy atom. The number of anilines is 2. The molecule has 0 aliphatic rings. The van der Waals surface area contributed by atoms with Crippen LogP contribution in [0, 0.1) is 34.9 Å². The normalized spacial score (nSPS) is 12.3. The quantitative estimate of drug-likeness (QED) is 0.160. The molecule has 0 aliphatic carbocycles. The van der Waals surface area contributed by atoms with Gasteiger partial charge in [0.2, 0.25) is 11.8 Å². The zero-order valence-corrected chi connectivity index (χ0v) is 29.7. The van der Waals surface area contributed by atoms with Gasteiger partial charge in [-0.15, -0.1) is 0 Å². The molecule has 288 valence electrons. The van der Waals surface area contributed by atoms with E-state index in [9.17, 15) is 49.1 Å². The molecule has 54 heavy (non-hydrogen) atoms. The van der Waals surface area contributed by atoms with Crippen LogP contribution in [0.2, 0.25) is 0 Å². The average molecular weight is 782 g/mol. The molecule has 0 radical (unpaired) electrons. The average Bonchev–Trinajstić information content (AvgIpc) is 3.08. The zero-order valence-electron chi connectivity index (χ0n) is 28.9. The van der Waals surface area contributed by atoms with E-state index in [1.807, 2.05) is 4.72 Å². The highest BCUT2D eigenvalue weighted by Crippen LogP contribution is 2.25. The van der Waals surface area contributed by atoms with Gasteiger partial charge >= 0.3 is 16.2 Å². The van der Waals surface area contributed by atoms with Gasteiger partial charge in [-0.3, -0.25) is 9.59 Å². The summed E-state index contributed by atoms with van der Waals surface area (Å²) >= 11 is 0. The number of amides is 4. The Kier molecular flexibility index (Phi) is 13.1. The highest BCUT2D eigenvalue weighted by molar-refractivity contribution is 7.88. The molecule has 0 aliphatic heterocycles. The van der Waals surface area contributed by atoms with Crippen molar-refractivity contribution in [2.75, 3.05) is 38.1 Å². The highest BCUT2D eigenvalue weighted by atomic mass is 32.2. The number of hydrogen-bond acceptors (Lipinski definition) is 7. The van der Waals surface area contributed by atoms with E-state index >= 15 is 0 Å². The third-order valence-electron chi connectivity index (χ3n) is 7.86. The van der Waals surface area contributed by atoms with Gasteiger partial charge in [-0.05, 0) is 66.1 Å². The van der Waals surface area contributed by atoms with Gasteiger partial charge < -0.3 is 24.6 Å². The Balaban J connectivity index is 1.61. The molecule has 19 heteroatoms. The minimum atomic E-state index is -5.09. The molecule has 4 aromatic rings. The summed E-state index contributed by atoms with van der Waals surface area (Å²) in [4.78, 5) is 42.1. The largest absolute Gasteiger partial charge is 0.494 e. The van der Waals surface area contributed by atoms with Crippen LogP contribution in [0.15, 0.2) is 72.8 Å². The van der Waals surface area contributed by atoms with Crippen molar-refractivity contribution in [3.05, 3.63) is 119 Å². The first-order valence-corrected chi connectivity index (χ1v) is 17.1. The molecule has 4 rings (SSSR count). The van der Waals surface area contributed by atoms with Crippen LogP contribution >= 0.6 is 0 Å². The van der Waals surface area contributed by atoms with Crippen molar-refractivity contribution in [3.63, 3.8) is 0 Å². The number of methoxy groups -OCH3 is 2. The lowest BCUT2D eigenvalue weighted by Gasteiger charge is -2.26. The fourth-order valence-electron chi connectivity index (χ4n) is 5.28. The maximum absolute atomic E-state index is 14.5. The molecule has 0 fully saturated rings. The highest BCUT2D eigenvalue weighted by Gasteiger charge is 2.32. The summed E-state index contributed by atoms with van der Waals surface area (Å²) in [7, 11) is -0.319. The number of urea groups is 1. The summed E-state index contributed by atoms with van der Waals surface area (Å²) in [6.07, 6.45) is -1.26. The van der Waals surface area contributed by atoms with E-state index < -0.39 is 87.9 Å². The van der Waals surface area contributed by atoms with Gasteiger partial charge in [-0.1, -0.05) is 0 Å². The van der Waals surface area contributed by atoms with Gasteiger partial charge in [0.05, 0.1) is 14.2 Å². The van der Waals surface area contributed by atoms with Crippen molar-refractivity contribution in [1.82, 2.24) is 14.8 Å². The molecule has 0 saturated carbocycles. The fraction of sp³-hybridized carbons (Fsp3) is 0.229. The summed E-state index contributed by atoms with van der Waals surface area (Å²) < 4.78 is 125. The van der Waals surface area contributed by atoms with Gasteiger partial charge in [-0.25, -0.2) is 35.9 Å². The number of carbonyl (C=O) groups excluding carboxylic acids is 3. The van der Waals surface area contributed by atoms with Crippen LogP contribution in [0.3, 0.4) is 0 Å². The Morgan fingerprint density at radius 1 is 0.630 bits per heavy atom. The van der Waals surface area contributed by atoms with Crippen LogP contribution < -0.4 is 34.0 Å². The number of rotatable bonds is 14. The lowest BCUT2D eigenvalue weighted by molar-refractivity contribution is -0.120. The van der Waals surface area contributed by atoms with Crippen LogP contribution in [0.4, 0.5) is 42.5 Å². The molecule has 4 aromatic carbocycles. The van der Waals surface area contributed by atoms with Crippen LogP contribution in [0.5, 0.6) is 11.5 Å². The predicted molar refractivity (Wildman–Crippen MR) is 184 cm³/mol. The number of carbonyl (C=O) groups is 3. The fourth-order valence-corrected chi connectivity index (χ4v) is 6.21. The standard InChI is InChI=1S/C35H33F6N5O7S/c1-45(25-5-7-31(52-3)27(40)17-25)33(47)29(13-19-9-21(36)15-22(37)10-19)42-35(49)44-54(50,51)43-30(14-20-11-23(38)16-24(39)12-20)34(48)46(2)26-6-8-32(53-4)28(41)18-26/h5-12,15-18,29-30,43H,13-14H2,1-4H3,(H2,42,44,49)/t29-,30-/m0/s1. The van der Waals surface area contributed by atoms with Crippen molar-refractivity contribution >= 4 is 39.4 Å². The first kappa shape index (κ1) is 40.9. The molecule has 12 nitrogen and oxygen atoms in total. The van der Waals surface area contributed by atoms with Crippen molar-refractivity contribution in [2.24, 2.45) is 0 Å². The van der Waals surface area contributed by atoms with Crippen molar-refractivity contribution in [1.29, 1.82) is 0 Å². The van der Waals surface area contributed by atoms with E-state index in [0.717, 1.165) is 53.2 Å². The predicted octanol–water partition coefficient (Wildman–Crippen LogP) is 4.52. The van der Waals surface area contributed by atoms with Crippen molar-refractivity contribution in [2.45, 2.75) is 24.9 Å². The molecule has 0 aromatic heterocycles. The van der Waals surface area contributed by atoms with Crippen LogP contribution in [0.25, 0.3) is 0 Å². The van der Waals surface area contributed by atoms with Gasteiger partial charge in [0.25, 0.3) is 0 Å². The van der Waals surface area contributed by atoms with E-state index in [1.54, 1.807) is 4.72 Å². The third-order valence-corrected chi connectivity index (χ3v) is 8.91. The number of ether oxygens (including phenoxy) is 2. The summed E-state index contributed by atoms with van der Waals surface area (Å²) in [6.45, 7) is 0. The molecular formula is C35H33F6N5O7S. The second-order valence-corrected chi connectivity index (χ2v) is 13.1. The summed E-state index contributed by atoms with van der Waals surface area (Å²) in [6, 6.07) is 6.14. The maximum atomic E-state index is 14.5. The molecular weight excluding hydrogens is 748 g/mol.